The van der Waals surface area contributed by atoms with E-state index < -0.39 is 6.10 Å². The van der Waals surface area contributed by atoms with Gasteiger partial charge >= 0.3 is 0 Å². The molecule has 0 aliphatic carbocycles. The van der Waals surface area contributed by atoms with Crippen molar-refractivity contribution in [1.82, 2.24) is 15.1 Å². The van der Waals surface area contributed by atoms with E-state index in [0.717, 1.165) is 30.0 Å². The second-order valence-electron chi connectivity index (χ2n) is 5.79. The van der Waals surface area contributed by atoms with Crippen LogP contribution in [0.5, 0.6) is 11.5 Å². The molecule has 0 spiro atoms. The lowest BCUT2D eigenvalue weighted by Gasteiger charge is -2.35. The van der Waals surface area contributed by atoms with E-state index in [-0.39, 0.29) is 0 Å². The molecule has 0 bridgehead atoms. The molecule has 7 heteroatoms. The Labute approximate surface area is 143 Å². The van der Waals surface area contributed by atoms with Crippen molar-refractivity contribution in [1.29, 1.82) is 0 Å². The lowest BCUT2D eigenvalue weighted by Crippen LogP contribution is -2.45. The quantitative estimate of drug-likeness (QED) is 0.776. The van der Waals surface area contributed by atoms with E-state index in [0.29, 0.717) is 24.0 Å². The smallest absolute Gasteiger partial charge is 0.169 e. The number of methoxy groups -OCH3 is 2. The number of β-amino-alcohol motifs (C(OH)–C–C–N with tert-alkyl or cyclic N) is 1. The summed E-state index contributed by atoms with van der Waals surface area (Å²) in [6.07, 6.45) is -0.669. The maximum Gasteiger partial charge on any atom is 0.169 e. The summed E-state index contributed by atoms with van der Waals surface area (Å²) < 4.78 is 10.8. The Balaban J connectivity index is 2.17. The minimum Gasteiger partial charge on any atom is -0.496 e. The fraction of sp³-hybridized carbons (Fsp3) is 0.562. The van der Waals surface area contributed by atoms with Crippen LogP contribution >= 0.6 is 12.2 Å². The van der Waals surface area contributed by atoms with Crippen LogP contribution in [0.4, 0.5) is 0 Å². The Bertz CT molecular complexity index is 566. The van der Waals surface area contributed by atoms with Gasteiger partial charge in [-0.05, 0) is 38.4 Å². The van der Waals surface area contributed by atoms with E-state index in [9.17, 15) is 5.11 Å². The van der Waals surface area contributed by atoms with Crippen molar-refractivity contribution in [2.75, 3.05) is 47.9 Å². The van der Waals surface area contributed by atoms with Crippen LogP contribution in [0, 0.1) is 0 Å². The molecule has 2 rings (SSSR count). The van der Waals surface area contributed by atoms with Crippen molar-refractivity contribution in [3.63, 3.8) is 0 Å². The SMILES string of the molecule is COc1ccc(OC)c2c1CN(C(=S)NCCN(C)C)C[C@@H]2O. The Hall–Kier alpha value is -1.57. The summed E-state index contributed by atoms with van der Waals surface area (Å²) in [6.45, 7) is 2.68. The molecule has 0 unspecified atom stereocenters. The zero-order chi connectivity index (χ0) is 17.0. The van der Waals surface area contributed by atoms with Gasteiger partial charge in [-0.1, -0.05) is 0 Å². The first-order valence-corrected chi connectivity index (χ1v) is 7.98. The predicted octanol–water partition coefficient (Wildman–Crippen LogP) is 0.989. The van der Waals surface area contributed by atoms with E-state index in [1.54, 1.807) is 14.2 Å². The average molecular weight is 339 g/mol. The molecule has 0 aromatic heterocycles. The largest absolute Gasteiger partial charge is 0.496 e. The first-order chi connectivity index (χ1) is 11.0. The lowest BCUT2D eigenvalue weighted by atomic mass is 9.95. The van der Waals surface area contributed by atoms with Crippen LogP contribution in [0.25, 0.3) is 0 Å². The summed E-state index contributed by atoms with van der Waals surface area (Å²) in [5, 5.41) is 14.4. The molecular weight excluding hydrogens is 314 g/mol. The van der Waals surface area contributed by atoms with Crippen molar-refractivity contribution in [2.45, 2.75) is 12.6 Å². The predicted molar refractivity (Wildman–Crippen MR) is 94.1 cm³/mol. The fourth-order valence-corrected chi connectivity index (χ4v) is 2.97. The number of likely N-dealkylation sites (N-methyl/N-ethyl adjacent to an activating group) is 1. The third-order valence-electron chi connectivity index (χ3n) is 3.91. The maximum absolute atomic E-state index is 10.6. The molecule has 6 nitrogen and oxygen atoms in total. The van der Waals surface area contributed by atoms with Gasteiger partial charge in [0.1, 0.15) is 17.6 Å². The number of fused-ring (bicyclic) bond motifs is 1. The van der Waals surface area contributed by atoms with Crippen LogP contribution in [-0.2, 0) is 6.54 Å². The zero-order valence-electron chi connectivity index (χ0n) is 14.1. The van der Waals surface area contributed by atoms with Gasteiger partial charge in [-0.2, -0.15) is 0 Å². The van der Waals surface area contributed by atoms with Gasteiger partial charge in [0.15, 0.2) is 5.11 Å². The van der Waals surface area contributed by atoms with Gasteiger partial charge < -0.3 is 29.7 Å². The molecule has 1 aliphatic rings. The summed E-state index contributed by atoms with van der Waals surface area (Å²) in [6, 6.07) is 3.68. The van der Waals surface area contributed by atoms with Gasteiger partial charge in [-0.25, -0.2) is 0 Å². The average Bonchev–Trinajstić information content (AvgIpc) is 2.53. The van der Waals surface area contributed by atoms with Crippen LogP contribution in [-0.4, -0.2) is 68.0 Å². The van der Waals surface area contributed by atoms with Gasteiger partial charge in [0, 0.05) is 30.8 Å². The van der Waals surface area contributed by atoms with E-state index in [2.05, 4.69) is 10.2 Å². The molecule has 128 valence electrons. The maximum atomic E-state index is 10.6. The highest BCUT2D eigenvalue weighted by molar-refractivity contribution is 7.80. The van der Waals surface area contributed by atoms with E-state index in [1.165, 1.54) is 0 Å². The molecule has 1 aromatic rings. The number of nitrogens with one attached hydrogen (secondary N) is 1. The zero-order valence-corrected chi connectivity index (χ0v) is 14.9. The number of aliphatic hydroxyl groups is 1. The number of hydrogen-bond donors (Lipinski definition) is 2. The number of rotatable bonds is 5. The Morgan fingerprint density at radius 2 is 2.00 bits per heavy atom. The molecule has 23 heavy (non-hydrogen) atoms. The number of aliphatic hydroxyl groups excluding tert-OH is 1. The minimum absolute atomic E-state index is 0.435. The van der Waals surface area contributed by atoms with Gasteiger partial charge in [0.05, 0.1) is 20.8 Å². The monoisotopic (exact) mass is 339 g/mol. The van der Waals surface area contributed by atoms with Crippen LogP contribution in [0.15, 0.2) is 12.1 Å². The highest BCUT2D eigenvalue weighted by Gasteiger charge is 2.30. The Morgan fingerprint density at radius 3 is 2.61 bits per heavy atom. The van der Waals surface area contributed by atoms with E-state index in [1.807, 2.05) is 31.1 Å². The van der Waals surface area contributed by atoms with E-state index >= 15 is 0 Å². The number of benzene rings is 1. The van der Waals surface area contributed by atoms with Crippen molar-refractivity contribution < 1.29 is 14.6 Å². The molecule has 0 fully saturated rings. The van der Waals surface area contributed by atoms with Gasteiger partial charge in [0.2, 0.25) is 0 Å². The molecule has 0 saturated carbocycles. The van der Waals surface area contributed by atoms with Crippen molar-refractivity contribution in [3.05, 3.63) is 23.3 Å². The minimum atomic E-state index is -0.669. The third-order valence-corrected chi connectivity index (χ3v) is 4.31. The Morgan fingerprint density at radius 1 is 1.35 bits per heavy atom. The lowest BCUT2D eigenvalue weighted by molar-refractivity contribution is 0.122. The summed E-state index contributed by atoms with van der Waals surface area (Å²) in [5.74, 6) is 1.42. The summed E-state index contributed by atoms with van der Waals surface area (Å²) in [4.78, 5) is 4.05. The molecular formula is C16H25N3O3S. The molecule has 2 N–H and O–H groups in total. The summed E-state index contributed by atoms with van der Waals surface area (Å²) in [7, 11) is 7.27. The molecule has 1 aromatic carbocycles. The van der Waals surface area contributed by atoms with Crippen LogP contribution in [0.3, 0.4) is 0 Å². The van der Waals surface area contributed by atoms with Crippen molar-refractivity contribution in [3.8, 4) is 11.5 Å². The van der Waals surface area contributed by atoms with Crippen molar-refractivity contribution in [2.24, 2.45) is 0 Å². The number of hydrogen-bond acceptors (Lipinski definition) is 5. The number of nitrogens with zero attached hydrogens (tertiary/aromatic N) is 2. The van der Waals surface area contributed by atoms with Gasteiger partial charge in [-0.3, -0.25) is 0 Å². The number of ether oxygens (including phenoxy) is 2. The van der Waals surface area contributed by atoms with Gasteiger partial charge in [0.25, 0.3) is 0 Å². The van der Waals surface area contributed by atoms with E-state index in [4.69, 9.17) is 21.7 Å². The van der Waals surface area contributed by atoms with Crippen molar-refractivity contribution >= 4 is 17.3 Å². The van der Waals surface area contributed by atoms with Crippen LogP contribution in [0.2, 0.25) is 0 Å². The molecule has 0 radical (unpaired) electrons. The first-order valence-electron chi connectivity index (χ1n) is 7.57. The molecule has 0 amide bonds. The van der Waals surface area contributed by atoms with Gasteiger partial charge in [-0.15, -0.1) is 0 Å². The molecule has 1 aliphatic heterocycles. The standard InChI is InChI=1S/C16H25N3O3S/c1-18(2)8-7-17-16(23)19-9-11-13(21-3)5-6-14(22-4)15(11)12(20)10-19/h5-6,12,20H,7-10H2,1-4H3,(H,17,23)/t12-/m0/s1. The fourth-order valence-electron chi connectivity index (χ4n) is 2.73. The molecule has 1 heterocycles. The number of thiocarbonyl (C=S) groups is 1. The topological polar surface area (TPSA) is 57.2 Å². The van der Waals surface area contributed by atoms with Crippen LogP contribution in [0.1, 0.15) is 17.2 Å². The first kappa shape index (κ1) is 17.8. The second-order valence-corrected chi connectivity index (χ2v) is 6.18. The Kier molecular flexibility index (Phi) is 6.04. The normalized spacial score (nSPS) is 17.0. The molecule has 0 saturated heterocycles. The highest BCUT2D eigenvalue weighted by Crippen LogP contribution is 2.39. The molecule has 1 atom stereocenters. The second kappa shape index (κ2) is 7.81. The highest BCUT2D eigenvalue weighted by atomic mass is 32.1. The van der Waals surface area contributed by atoms with Crippen LogP contribution < -0.4 is 14.8 Å². The summed E-state index contributed by atoms with van der Waals surface area (Å²) in [5.41, 5.74) is 1.71. The third kappa shape index (κ3) is 4.04. The summed E-state index contributed by atoms with van der Waals surface area (Å²) >= 11 is 5.46.